The van der Waals surface area contributed by atoms with Gasteiger partial charge in [-0.1, -0.05) is 17.9 Å². The molecule has 0 aliphatic rings. The van der Waals surface area contributed by atoms with Crippen LogP contribution < -0.4 is 11.1 Å². The predicted molar refractivity (Wildman–Crippen MR) is 72.2 cm³/mol. The lowest BCUT2D eigenvalue weighted by Gasteiger charge is -2.08. The average molecular weight is 246 g/mol. The first-order valence-corrected chi connectivity index (χ1v) is 5.84. The fraction of sp³-hybridized carbons (Fsp3) is 0.357. The normalized spacial score (nSPS) is 9.50. The smallest absolute Gasteiger partial charge is 0.250 e. The van der Waals surface area contributed by atoms with Gasteiger partial charge in [0.05, 0.1) is 6.54 Å². The van der Waals surface area contributed by atoms with Gasteiger partial charge in [0, 0.05) is 17.9 Å². The van der Waals surface area contributed by atoms with E-state index in [1.807, 2.05) is 32.0 Å². The number of nitrogens with two attached hydrogens (primary N) is 1. The zero-order chi connectivity index (χ0) is 13.4. The van der Waals surface area contributed by atoms with Gasteiger partial charge < -0.3 is 15.8 Å². The maximum Gasteiger partial charge on any atom is 0.250 e. The molecule has 1 rings (SSSR count). The summed E-state index contributed by atoms with van der Waals surface area (Å²) in [5, 5.41) is 2.80. The molecule has 0 aliphatic heterocycles. The zero-order valence-corrected chi connectivity index (χ0v) is 10.7. The Balaban J connectivity index is 2.77. The van der Waals surface area contributed by atoms with Crippen LogP contribution in [-0.4, -0.2) is 25.7 Å². The maximum atomic E-state index is 11.6. The summed E-state index contributed by atoms with van der Waals surface area (Å²) in [5.41, 5.74) is 7.89. The summed E-state index contributed by atoms with van der Waals surface area (Å²) in [6.07, 6.45) is 0. The van der Waals surface area contributed by atoms with E-state index in [0.29, 0.717) is 13.2 Å². The number of carbonyl (C=O) groups excluding carboxylic acids is 1. The number of aryl methyl sites for hydroxylation is 1. The summed E-state index contributed by atoms with van der Waals surface area (Å²) in [6.45, 7) is 4.68. The second kappa shape index (κ2) is 7.49. The van der Waals surface area contributed by atoms with Crippen LogP contribution in [0.25, 0.3) is 0 Å². The lowest BCUT2D eigenvalue weighted by Crippen LogP contribution is -2.18. The first kappa shape index (κ1) is 14.2. The number of ether oxygens (including phenoxy) is 1. The molecule has 1 aromatic rings. The molecule has 3 N–H and O–H groups in total. The van der Waals surface area contributed by atoms with Crippen LogP contribution in [0.2, 0.25) is 0 Å². The molecular formula is C14H18N2O2. The number of anilines is 1. The van der Waals surface area contributed by atoms with Gasteiger partial charge in [-0.15, -0.1) is 0 Å². The molecule has 0 aromatic heterocycles. The molecule has 1 aromatic carbocycles. The van der Waals surface area contributed by atoms with Crippen molar-refractivity contribution in [3.63, 3.8) is 0 Å². The van der Waals surface area contributed by atoms with E-state index in [1.54, 1.807) is 0 Å². The lowest BCUT2D eigenvalue weighted by molar-refractivity contribution is -0.120. The average Bonchev–Trinajstić information content (AvgIpc) is 2.37. The molecule has 4 nitrogen and oxygen atoms in total. The van der Waals surface area contributed by atoms with Crippen molar-refractivity contribution in [3.05, 3.63) is 29.3 Å². The van der Waals surface area contributed by atoms with Crippen molar-refractivity contribution in [3.8, 4) is 11.8 Å². The number of hydrogen-bond acceptors (Lipinski definition) is 3. The van der Waals surface area contributed by atoms with Gasteiger partial charge >= 0.3 is 0 Å². The summed E-state index contributed by atoms with van der Waals surface area (Å²) >= 11 is 0. The molecule has 0 saturated carbocycles. The summed E-state index contributed by atoms with van der Waals surface area (Å²) in [5.74, 6) is 5.55. The first-order valence-electron chi connectivity index (χ1n) is 5.84. The van der Waals surface area contributed by atoms with E-state index >= 15 is 0 Å². The van der Waals surface area contributed by atoms with Crippen LogP contribution in [0.3, 0.4) is 0 Å². The Morgan fingerprint density at radius 3 is 2.94 bits per heavy atom. The van der Waals surface area contributed by atoms with Gasteiger partial charge in [-0.25, -0.2) is 0 Å². The maximum absolute atomic E-state index is 11.6. The standard InChI is InChI=1S/C14H18N2O2/c1-3-18-10-14(17)16-13-9-12(5-4-8-15)7-6-11(13)2/h6-7,9H,3,8,10,15H2,1-2H3,(H,16,17). The van der Waals surface area contributed by atoms with Gasteiger partial charge in [0.2, 0.25) is 5.91 Å². The highest BCUT2D eigenvalue weighted by atomic mass is 16.5. The number of amides is 1. The molecule has 0 bridgehead atoms. The monoisotopic (exact) mass is 246 g/mol. The molecule has 0 spiro atoms. The lowest BCUT2D eigenvalue weighted by atomic mass is 10.1. The molecule has 0 heterocycles. The van der Waals surface area contributed by atoms with Gasteiger partial charge in [0.25, 0.3) is 0 Å². The molecule has 0 atom stereocenters. The highest BCUT2D eigenvalue weighted by Crippen LogP contribution is 2.16. The number of carbonyl (C=O) groups is 1. The van der Waals surface area contributed by atoms with E-state index in [9.17, 15) is 4.79 Å². The molecule has 4 heteroatoms. The highest BCUT2D eigenvalue weighted by Gasteiger charge is 2.05. The van der Waals surface area contributed by atoms with E-state index in [1.165, 1.54) is 0 Å². The van der Waals surface area contributed by atoms with Crippen molar-refractivity contribution in [2.24, 2.45) is 5.73 Å². The van der Waals surface area contributed by atoms with Gasteiger partial charge in [-0.3, -0.25) is 4.79 Å². The van der Waals surface area contributed by atoms with E-state index in [4.69, 9.17) is 10.5 Å². The third-order valence-electron chi connectivity index (χ3n) is 2.28. The molecular weight excluding hydrogens is 228 g/mol. The number of benzene rings is 1. The second-order valence-corrected chi connectivity index (χ2v) is 3.72. The van der Waals surface area contributed by atoms with Crippen molar-refractivity contribution in [1.29, 1.82) is 0 Å². The van der Waals surface area contributed by atoms with Crippen LogP contribution in [0.1, 0.15) is 18.1 Å². The van der Waals surface area contributed by atoms with E-state index in [-0.39, 0.29) is 12.5 Å². The molecule has 0 saturated heterocycles. The van der Waals surface area contributed by atoms with E-state index < -0.39 is 0 Å². The van der Waals surface area contributed by atoms with Crippen LogP contribution >= 0.6 is 0 Å². The molecule has 0 fully saturated rings. The van der Waals surface area contributed by atoms with Gasteiger partial charge in [0.15, 0.2) is 0 Å². The molecule has 18 heavy (non-hydrogen) atoms. The molecule has 0 radical (unpaired) electrons. The minimum Gasteiger partial charge on any atom is -0.372 e. The summed E-state index contributed by atoms with van der Waals surface area (Å²) < 4.78 is 5.05. The summed E-state index contributed by atoms with van der Waals surface area (Å²) in [7, 11) is 0. The fourth-order valence-corrected chi connectivity index (χ4v) is 1.37. The first-order chi connectivity index (χ1) is 8.67. The number of nitrogens with one attached hydrogen (secondary N) is 1. The minimum atomic E-state index is -0.163. The largest absolute Gasteiger partial charge is 0.372 e. The van der Waals surface area contributed by atoms with Crippen molar-refractivity contribution < 1.29 is 9.53 Å². The Morgan fingerprint density at radius 2 is 2.28 bits per heavy atom. The predicted octanol–water partition coefficient (Wildman–Crippen LogP) is 1.28. The quantitative estimate of drug-likeness (QED) is 0.787. The molecule has 96 valence electrons. The third-order valence-corrected chi connectivity index (χ3v) is 2.28. The van der Waals surface area contributed by atoms with Crippen LogP contribution in [-0.2, 0) is 9.53 Å². The number of rotatable bonds is 4. The second-order valence-electron chi connectivity index (χ2n) is 3.72. The molecule has 1 amide bonds. The summed E-state index contributed by atoms with van der Waals surface area (Å²) in [4.78, 5) is 11.6. The molecule has 0 unspecified atom stereocenters. The number of hydrogen-bond donors (Lipinski definition) is 2. The minimum absolute atomic E-state index is 0.0641. The SMILES string of the molecule is CCOCC(=O)Nc1cc(C#CCN)ccc1C. The molecule has 0 aliphatic carbocycles. The van der Waals surface area contributed by atoms with Crippen LogP contribution in [0, 0.1) is 18.8 Å². The van der Waals surface area contributed by atoms with Gasteiger partial charge in [-0.05, 0) is 31.5 Å². The Morgan fingerprint density at radius 1 is 1.50 bits per heavy atom. The Labute approximate surface area is 108 Å². The van der Waals surface area contributed by atoms with Crippen molar-refractivity contribution >= 4 is 11.6 Å². The Kier molecular flexibility index (Phi) is 5.92. The van der Waals surface area contributed by atoms with Gasteiger partial charge in [0.1, 0.15) is 6.61 Å². The van der Waals surface area contributed by atoms with Gasteiger partial charge in [-0.2, -0.15) is 0 Å². The van der Waals surface area contributed by atoms with Crippen molar-refractivity contribution in [2.45, 2.75) is 13.8 Å². The Bertz CT molecular complexity index is 472. The topological polar surface area (TPSA) is 64.3 Å². The van der Waals surface area contributed by atoms with Crippen LogP contribution in [0.5, 0.6) is 0 Å². The van der Waals surface area contributed by atoms with E-state index in [0.717, 1.165) is 16.8 Å². The van der Waals surface area contributed by atoms with E-state index in [2.05, 4.69) is 17.2 Å². The van der Waals surface area contributed by atoms with Crippen LogP contribution in [0.15, 0.2) is 18.2 Å². The zero-order valence-electron chi connectivity index (χ0n) is 10.7. The highest BCUT2D eigenvalue weighted by molar-refractivity contribution is 5.92. The third kappa shape index (κ3) is 4.58. The summed E-state index contributed by atoms with van der Waals surface area (Å²) in [6, 6.07) is 5.65. The van der Waals surface area contributed by atoms with Crippen molar-refractivity contribution in [2.75, 3.05) is 25.1 Å². The van der Waals surface area contributed by atoms with Crippen LogP contribution in [0.4, 0.5) is 5.69 Å². The Hall–Kier alpha value is -1.83. The van der Waals surface area contributed by atoms with Crippen molar-refractivity contribution in [1.82, 2.24) is 0 Å². The fourth-order valence-electron chi connectivity index (χ4n) is 1.37.